The van der Waals surface area contributed by atoms with Crippen molar-refractivity contribution in [1.82, 2.24) is 19.6 Å². The molecule has 2 aliphatic carbocycles. The third-order valence-electron chi connectivity index (χ3n) is 8.06. The summed E-state index contributed by atoms with van der Waals surface area (Å²) in [4.78, 5) is 33.8. The quantitative estimate of drug-likeness (QED) is 0.671. The molecule has 0 bridgehead atoms. The number of urea groups is 1. The number of hydrogen-bond donors (Lipinski definition) is 1. The zero-order chi connectivity index (χ0) is 22.9. The van der Waals surface area contributed by atoms with Crippen LogP contribution in [0.25, 0.3) is 0 Å². The number of rotatable bonds is 8. The van der Waals surface area contributed by atoms with Gasteiger partial charge >= 0.3 is 6.03 Å². The maximum atomic E-state index is 13.4. The van der Waals surface area contributed by atoms with Gasteiger partial charge in [-0.3, -0.25) is 9.69 Å². The summed E-state index contributed by atoms with van der Waals surface area (Å²) < 4.78 is 0. The monoisotopic (exact) mass is 442 g/mol. The van der Waals surface area contributed by atoms with E-state index in [-0.39, 0.29) is 36.2 Å². The van der Waals surface area contributed by atoms with Gasteiger partial charge in [-0.05, 0) is 64.1 Å². The Hall–Kier alpha value is -2.12. The molecule has 7 nitrogen and oxygen atoms in total. The van der Waals surface area contributed by atoms with E-state index in [2.05, 4.69) is 54.2 Å². The zero-order valence-corrected chi connectivity index (χ0v) is 19.8. The van der Waals surface area contributed by atoms with Crippen LogP contribution in [-0.4, -0.2) is 96.1 Å². The molecular formula is C25H38N4O3. The van der Waals surface area contributed by atoms with Crippen LogP contribution in [0.1, 0.15) is 44.1 Å². The van der Waals surface area contributed by atoms with E-state index in [1.165, 1.54) is 23.3 Å². The summed E-state index contributed by atoms with van der Waals surface area (Å²) in [6.07, 6.45) is 6.26. The van der Waals surface area contributed by atoms with E-state index in [1.807, 2.05) is 0 Å². The molecule has 1 saturated heterocycles. The lowest BCUT2D eigenvalue weighted by Crippen LogP contribution is -2.55. The SMILES string of the molecule is CN(CCO)C(=O)CN1C[C@]2(CC[C@](c3ccccc3)(N(C)C)CC2)N(CC2CC2)C1=O. The summed E-state index contributed by atoms with van der Waals surface area (Å²) in [5, 5.41) is 9.15. The molecule has 32 heavy (non-hydrogen) atoms. The third kappa shape index (κ3) is 4.25. The Balaban J connectivity index is 1.54. The van der Waals surface area contributed by atoms with E-state index < -0.39 is 0 Å². The highest BCUT2D eigenvalue weighted by molar-refractivity contribution is 5.86. The first-order valence-corrected chi connectivity index (χ1v) is 12.0. The van der Waals surface area contributed by atoms with Gasteiger partial charge in [-0.2, -0.15) is 0 Å². The van der Waals surface area contributed by atoms with E-state index >= 15 is 0 Å². The van der Waals surface area contributed by atoms with E-state index in [1.54, 1.807) is 11.9 Å². The van der Waals surface area contributed by atoms with Crippen molar-refractivity contribution >= 4 is 11.9 Å². The number of likely N-dealkylation sites (N-methyl/N-ethyl adjacent to an activating group) is 1. The summed E-state index contributed by atoms with van der Waals surface area (Å²) in [7, 11) is 6.01. The summed E-state index contributed by atoms with van der Waals surface area (Å²) in [6, 6.07) is 10.7. The molecule has 3 aliphatic rings. The van der Waals surface area contributed by atoms with Gasteiger partial charge in [0.2, 0.25) is 5.91 Å². The van der Waals surface area contributed by atoms with Crippen LogP contribution in [-0.2, 0) is 10.3 Å². The maximum Gasteiger partial charge on any atom is 0.321 e. The lowest BCUT2D eigenvalue weighted by molar-refractivity contribution is -0.130. The van der Waals surface area contributed by atoms with Crippen molar-refractivity contribution in [3.05, 3.63) is 35.9 Å². The Labute approximate surface area is 192 Å². The lowest BCUT2D eigenvalue weighted by Gasteiger charge is -2.51. The first kappa shape index (κ1) is 23.1. The number of benzene rings is 1. The number of carbonyl (C=O) groups excluding carboxylic acids is 2. The van der Waals surface area contributed by atoms with Crippen LogP contribution in [0.2, 0.25) is 0 Å². The predicted octanol–water partition coefficient (Wildman–Crippen LogP) is 2.35. The number of aliphatic hydroxyl groups excluding tert-OH is 1. The van der Waals surface area contributed by atoms with Crippen molar-refractivity contribution in [3.63, 3.8) is 0 Å². The fraction of sp³-hybridized carbons (Fsp3) is 0.680. The number of nitrogens with zero attached hydrogens (tertiary/aromatic N) is 4. The van der Waals surface area contributed by atoms with Crippen LogP contribution >= 0.6 is 0 Å². The Bertz CT molecular complexity index is 816. The smallest absolute Gasteiger partial charge is 0.321 e. The molecule has 1 aromatic rings. The number of carbonyl (C=O) groups is 2. The topological polar surface area (TPSA) is 67.3 Å². The third-order valence-corrected chi connectivity index (χ3v) is 8.06. The van der Waals surface area contributed by atoms with Crippen molar-refractivity contribution < 1.29 is 14.7 Å². The van der Waals surface area contributed by atoms with E-state index in [0.717, 1.165) is 32.2 Å². The summed E-state index contributed by atoms with van der Waals surface area (Å²) in [5.74, 6) is 0.497. The van der Waals surface area contributed by atoms with E-state index in [4.69, 9.17) is 5.11 Å². The predicted molar refractivity (Wildman–Crippen MR) is 124 cm³/mol. The van der Waals surface area contributed by atoms with E-state index in [9.17, 15) is 9.59 Å². The van der Waals surface area contributed by atoms with Crippen LogP contribution in [0.3, 0.4) is 0 Å². The summed E-state index contributed by atoms with van der Waals surface area (Å²) >= 11 is 0. The van der Waals surface area contributed by atoms with Gasteiger partial charge in [0, 0.05) is 32.2 Å². The minimum Gasteiger partial charge on any atom is -0.395 e. The molecule has 0 atom stereocenters. The highest BCUT2D eigenvalue weighted by Gasteiger charge is 2.55. The van der Waals surface area contributed by atoms with Crippen LogP contribution in [0, 0.1) is 5.92 Å². The fourth-order valence-corrected chi connectivity index (χ4v) is 5.69. The first-order valence-electron chi connectivity index (χ1n) is 12.0. The second-order valence-electron chi connectivity index (χ2n) is 10.2. The number of hydrogen-bond acceptors (Lipinski definition) is 4. The lowest BCUT2D eigenvalue weighted by atomic mass is 9.68. The van der Waals surface area contributed by atoms with Gasteiger partial charge in [0.1, 0.15) is 6.54 Å². The molecule has 1 N–H and O–H groups in total. The molecule has 4 rings (SSSR count). The fourth-order valence-electron chi connectivity index (χ4n) is 5.69. The second-order valence-corrected chi connectivity index (χ2v) is 10.2. The normalized spacial score (nSPS) is 28.1. The Morgan fingerprint density at radius 2 is 1.75 bits per heavy atom. The average molecular weight is 443 g/mol. The van der Waals surface area contributed by atoms with Crippen molar-refractivity contribution in [2.24, 2.45) is 5.92 Å². The minimum atomic E-state index is -0.191. The standard InChI is InChI=1S/C25H38N4O3/c1-26(2)25(21-7-5-4-6-8-21)13-11-24(12-14-25)19-28(18-22(31)27(3)15-16-30)23(32)29(24)17-20-9-10-20/h4-8,20,30H,9-19H2,1-3H3/t24-,25+. The molecule has 0 unspecified atom stereocenters. The molecular weight excluding hydrogens is 404 g/mol. The Morgan fingerprint density at radius 3 is 2.31 bits per heavy atom. The molecule has 1 heterocycles. The van der Waals surface area contributed by atoms with Gasteiger partial charge in [-0.15, -0.1) is 0 Å². The largest absolute Gasteiger partial charge is 0.395 e. The van der Waals surface area contributed by atoms with Crippen LogP contribution in [0.5, 0.6) is 0 Å². The Kier molecular flexibility index (Phi) is 6.50. The molecule has 3 amide bonds. The van der Waals surface area contributed by atoms with Gasteiger partial charge in [-0.25, -0.2) is 4.79 Å². The average Bonchev–Trinajstić information content (AvgIpc) is 3.58. The molecule has 1 aliphatic heterocycles. The van der Waals surface area contributed by atoms with Crippen LogP contribution in [0.15, 0.2) is 30.3 Å². The van der Waals surface area contributed by atoms with Crippen LogP contribution < -0.4 is 0 Å². The molecule has 2 saturated carbocycles. The Morgan fingerprint density at radius 1 is 1.09 bits per heavy atom. The van der Waals surface area contributed by atoms with Crippen molar-refractivity contribution in [2.45, 2.75) is 49.6 Å². The maximum absolute atomic E-state index is 13.4. The first-order chi connectivity index (χ1) is 15.3. The molecule has 176 valence electrons. The second kappa shape index (κ2) is 9.02. The van der Waals surface area contributed by atoms with Crippen molar-refractivity contribution in [3.8, 4) is 0 Å². The van der Waals surface area contributed by atoms with Gasteiger partial charge in [0.25, 0.3) is 0 Å². The minimum absolute atomic E-state index is 0.0136. The highest BCUT2D eigenvalue weighted by atomic mass is 16.3. The van der Waals surface area contributed by atoms with Gasteiger partial charge < -0.3 is 19.8 Å². The number of aliphatic hydroxyl groups is 1. The molecule has 3 fully saturated rings. The summed E-state index contributed by atoms with van der Waals surface area (Å²) in [6.45, 7) is 1.75. The van der Waals surface area contributed by atoms with Crippen molar-refractivity contribution in [2.75, 3.05) is 53.9 Å². The highest BCUT2D eigenvalue weighted by Crippen LogP contribution is 2.49. The molecule has 1 aromatic carbocycles. The van der Waals surface area contributed by atoms with Crippen LogP contribution in [0.4, 0.5) is 4.79 Å². The van der Waals surface area contributed by atoms with Gasteiger partial charge in [0.05, 0.1) is 12.1 Å². The van der Waals surface area contributed by atoms with Crippen molar-refractivity contribution in [1.29, 1.82) is 0 Å². The van der Waals surface area contributed by atoms with Gasteiger partial charge in [-0.1, -0.05) is 30.3 Å². The molecule has 7 heteroatoms. The van der Waals surface area contributed by atoms with Gasteiger partial charge in [0.15, 0.2) is 0 Å². The van der Waals surface area contributed by atoms with E-state index in [0.29, 0.717) is 19.0 Å². The molecule has 0 aromatic heterocycles. The zero-order valence-electron chi connectivity index (χ0n) is 19.8. The number of amides is 3. The molecule has 1 spiro atoms. The summed E-state index contributed by atoms with van der Waals surface area (Å²) in [5.41, 5.74) is 1.13. The molecule has 0 radical (unpaired) electrons.